The van der Waals surface area contributed by atoms with Crippen molar-refractivity contribution in [3.63, 3.8) is 0 Å². The van der Waals surface area contributed by atoms with Gasteiger partial charge in [-0.1, -0.05) is 0 Å². The van der Waals surface area contributed by atoms with E-state index in [1.807, 2.05) is 0 Å². The second-order valence-electron chi connectivity index (χ2n) is 0. The molecule has 5 radical (unpaired) electrons. The summed E-state index contributed by atoms with van der Waals surface area (Å²) in [5, 5.41) is 0. The van der Waals surface area contributed by atoms with Crippen LogP contribution in [0.25, 0.3) is 0 Å². The Bertz CT molecular complexity index is 9.61. The molecule has 0 aromatic heterocycles. The fourth-order valence-electron chi connectivity index (χ4n) is 0. The van der Waals surface area contributed by atoms with Gasteiger partial charge in [-0.3, -0.25) is 0 Å². The SMILES string of the molecule is [C].[Co].[Mo].[O]=[Co]. The van der Waals surface area contributed by atoms with E-state index in [0.29, 0.717) is 0 Å². The van der Waals surface area contributed by atoms with Crippen LogP contribution in [0, 0.1) is 7.43 Å². The zero-order chi connectivity index (χ0) is 2.00. The fraction of sp³-hybridized carbons (Fsp3) is 0. The molecular formula is CCo2MoO. The van der Waals surface area contributed by atoms with Crippen LogP contribution in [0.15, 0.2) is 0 Å². The summed E-state index contributed by atoms with van der Waals surface area (Å²) in [6, 6.07) is 0. The molecule has 0 N–H and O–H groups in total. The maximum atomic E-state index is 7.94. The molecule has 0 aromatic carbocycles. The average molecular weight is 242 g/mol. The van der Waals surface area contributed by atoms with E-state index in [1.54, 1.807) is 0 Å². The molecule has 0 saturated heterocycles. The molecule has 0 fully saturated rings. The number of hydrogen-bond donors (Lipinski definition) is 0. The Labute approximate surface area is 64.5 Å². The molecule has 1 nitrogen and oxygen atoms in total. The summed E-state index contributed by atoms with van der Waals surface area (Å²) < 4.78 is 7.94. The molecule has 0 bridgehead atoms. The van der Waals surface area contributed by atoms with Crippen LogP contribution in [0.4, 0.5) is 0 Å². The van der Waals surface area contributed by atoms with E-state index in [4.69, 9.17) is 3.87 Å². The van der Waals surface area contributed by atoms with Gasteiger partial charge in [-0.25, -0.2) is 0 Å². The van der Waals surface area contributed by atoms with Gasteiger partial charge >= 0.3 is 19.5 Å². The van der Waals surface area contributed by atoms with Crippen molar-refractivity contribution in [1.29, 1.82) is 0 Å². The Morgan fingerprint density at radius 3 is 1.20 bits per heavy atom. The van der Waals surface area contributed by atoms with E-state index in [-0.39, 0.29) is 45.3 Å². The van der Waals surface area contributed by atoms with Crippen molar-refractivity contribution in [3.8, 4) is 0 Å². The second-order valence-corrected chi connectivity index (χ2v) is 0. The third-order valence-corrected chi connectivity index (χ3v) is 0. The Hall–Kier alpha value is 1.50. The Morgan fingerprint density at radius 2 is 1.20 bits per heavy atom. The van der Waals surface area contributed by atoms with Crippen molar-refractivity contribution in [2.24, 2.45) is 0 Å². The average Bonchev–Trinajstić information content (AvgIpc) is 1.00. The van der Waals surface area contributed by atoms with Gasteiger partial charge in [-0.05, 0) is 0 Å². The van der Waals surface area contributed by atoms with Crippen LogP contribution in [0.3, 0.4) is 0 Å². The molecule has 34 valence electrons. The molecule has 0 saturated carbocycles. The van der Waals surface area contributed by atoms with Crippen molar-refractivity contribution in [2.45, 2.75) is 0 Å². The van der Waals surface area contributed by atoms with Gasteiger partial charge in [0.2, 0.25) is 0 Å². The molecule has 0 amide bonds. The summed E-state index contributed by atoms with van der Waals surface area (Å²) in [4.78, 5) is 0. The van der Waals surface area contributed by atoms with Crippen LogP contribution >= 0.6 is 0 Å². The predicted molar refractivity (Wildman–Crippen MR) is 3.93 cm³/mol. The Kier molecular flexibility index (Phi) is 311. The van der Waals surface area contributed by atoms with Crippen molar-refractivity contribution in [1.82, 2.24) is 0 Å². The van der Waals surface area contributed by atoms with Gasteiger partial charge in [0.15, 0.2) is 0 Å². The van der Waals surface area contributed by atoms with Gasteiger partial charge in [-0.15, -0.1) is 0 Å². The van der Waals surface area contributed by atoms with Crippen molar-refractivity contribution < 1.29 is 57.4 Å². The molecule has 0 aliphatic rings. The summed E-state index contributed by atoms with van der Waals surface area (Å²) in [5.41, 5.74) is 0. The van der Waals surface area contributed by atoms with Crippen LogP contribution in [0.2, 0.25) is 0 Å². The third kappa shape index (κ3) is 29.9. The fourth-order valence-corrected chi connectivity index (χ4v) is 0. The first-order chi connectivity index (χ1) is 1.00. The normalized spacial score (nSPS) is 1.00. The van der Waals surface area contributed by atoms with E-state index in [2.05, 4.69) is 15.7 Å². The predicted octanol–water partition coefficient (Wildman–Crippen LogP) is -0.0450. The number of rotatable bonds is 0. The topological polar surface area (TPSA) is 17.1 Å². The van der Waals surface area contributed by atoms with E-state index < -0.39 is 0 Å². The van der Waals surface area contributed by atoms with Crippen LogP contribution in [-0.4, -0.2) is 0 Å². The van der Waals surface area contributed by atoms with Crippen molar-refractivity contribution in [3.05, 3.63) is 7.43 Å². The van der Waals surface area contributed by atoms with Crippen molar-refractivity contribution in [2.75, 3.05) is 0 Å². The molecule has 0 aromatic rings. The van der Waals surface area contributed by atoms with Crippen molar-refractivity contribution >= 4 is 0 Å². The zero-order valence-electron chi connectivity index (χ0n) is 1.98. The Morgan fingerprint density at radius 1 is 1.20 bits per heavy atom. The minimum absolute atomic E-state index is 0. The van der Waals surface area contributed by atoms with Crippen LogP contribution < -0.4 is 0 Å². The first-order valence-electron chi connectivity index (χ1n) is 0.136. The summed E-state index contributed by atoms with van der Waals surface area (Å²) in [6.07, 6.45) is 0. The molecule has 0 aliphatic heterocycles. The summed E-state index contributed by atoms with van der Waals surface area (Å²) in [7, 11) is 0. The zero-order valence-corrected chi connectivity index (χ0v) is 6.07. The van der Waals surface area contributed by atoms with E-state index >= 15 is 0 Å². The first kappa shape index (κ1) is 31.4. The second kappa shape index (κ2) is 49.5. The summed E-state index contributed by atoms with van der Waals surface area (Å²) in [6.45, 7) is 0. The van der Waals surface area contributed by atoms with Gasteiger partial charge in [0.05, 0.1) is 0 Å². The standard InChI is InChI=1S/C.2Co.Mo.O. The molecule has 0 unspecified atom stereocenters. The van der Waals surface area contributed by atoms with Gasteiger partial charge in [-0.2, -0.15) is 0 Å². The molecule has 0 atom stereocenters. The van der Waals surface area contributed by atoms with E-state index in [0.717, 1.165) is 0 Å². The molecule has 0 rings (SSSR count). The van der Waals surface area contributed by atoms with E-state index in [1.165, 1.54) is 0 Å². The van der Waals surface area contributed by atoms with E-state index in [9.17, 15) is 0 Å². The summed E-state index contributed by atoms with van der Waals surface area (Å²) >= 11 is 2.31. The molecule has 0 aliphatic carbocycles. The summed E-state index contributed by atoms with van der Waals surface area (Å²) in [5.74, 6) is 0. The molecular weight excluding hydrogens is 242 g/mol. The van der Waals surface area contributed by atoms with Gasteiger partial charge in [0, 0.05) is 45.3 Å². The maximum absolute atomic E-state index is 7.94. The molecule has 5 heavy (non-hydrogen) atoms. The third-order valence-electron chi connectivity index (χ3n) is 0. The van der Waals surface area contributed by atoms with Gasteiger partial charge < -0.3 is 0 Å². The monoisotopic (exact) mass is 244 g/mol. The van der Waals surface area contributed by atoms with Gasteiger partial charge in [0.1, 0.15) is 0 Å². The van der Waals surface area contributed by atoms with Gasteiger partial charge in [0.25, 0.3) is 0 Å². The minimum atomic E-state index is 0. The first-order valence-corrected chi connectivity index (χ1v) is 0.561. The molecule has 4 heteroatoms. The molecule has 0 heterocycles. The van der Waals surface area contributed by atoms with Crippen LogP contribution in [-0.2, 0) is 57.4 Å². The quantitative estimate of drug-likeness (QED) is 0.544. The number of hydrogen-bond acceptors (Lipinski definition) is 1. The van der Waals surface area contributed by atoms with Crippen LogP contribution in [0.1, 0.15) is 0 Å². The molecule has 0 spiro atoms. The Balaban J connectivity index is -0.00000000167. The van der Waals surface area contributed by atoms with Crippen LogP contribution in [0.5, 0.6) is 0 Å².